The van der Waals surface area contributed by atoms with Crippen molar-refractivity contribution in [3.05, 3.63) is 16.6 Å². The molecule has 0 saturated carbocycles. The molecule has 0 spiro atoms. The van der Waals surface area contributed by atoms with Gasteiger partial charge in [-0.2, -0.15) is 13.2 Å². The van der Waals surface area contributed by atoms with Crippen LogP contribution >= 0.6 is 11.3 Å². The quantitative estimate of drug-likeness (QED) is 0.790. The Balaban J connectivity index is 2.88. The number of urea groups is 1. The number of alkyl halides is 3. The van der Waals surface area contributed by atoms with Crippen LogP contribution in [0.5, 0.6) is 0 Å². The number of carboxylic acid groups (broad SMARTS) is 1. The Morgan fingerprint density at radius 2 is 1.81 bits per heavy atom. The van der Waals surface area contributed by atoms with Crippen molar-refractivity contribution in [2.24, 2.45) is 0 Å². The average molecular weight is 325 g/mol. The van der Waals surface area contributed by atoms with Crippen molar-refractivity contribution < 1.29 is 27.9 Å². The Morgan fingerprint density at radius 1 is 1.24 bits per heavy atom. The molecule has 1 atom stereocenters. The molecule has 0 aliphatic rings. The Labute approximate surface area is 122 Å². The predicted molar refractivity (Wildman–Crippen MR) is 68.9 cm³/mol. The van der Waals surface area contributed by atoms with E-state index in [4.69, 9.17) is 5.11 Å². The van der Waals surface area contributed by atoms with E-state index in [9.17, 15) is 22.8 Å². The minimum atomic E-state index is -5.14. The molecule has 118 valence electrons. The van der Waals surface area contributed by atoms with E-state index >= 15 is 0 Å². The number of hydrogen-bond donors (Lipinski definition) is 3. The van der Waals surface area contributed by atoms with E-state index in [-0.39, 0.29) is 0 Å². The zero-order chi connectivity index (χ0) is 16.5. The smallest absolute Gasteiger partial charge is 0.422 e. The zero-order valence-corrected chi connectivity index (χ0v) is 12.2. The molecular formula is C11H14F3N3O3S. The van der Waals surface area contributed by atoms with E-state index < -0.39 is 29.3 Å². The van der Waals surface area contributed by atoms with Crippen molar-refractivity contribution in [1.82, 2.24) is 15.6 Å². The number of halogens is 3. The van der Waals surface area contributed by atoms with E-state index in [0.29, 0.717) is 11.9 Å². The van der Waals surface area contributed by atoms with Gasteiger partial charge in [0.15, 0.2) is 0 Å². The summed E-state index contributed by atoms with van der Waals surface area (Å²) in [5.41, 5.74) is -4.42. The third kappa shape index (κ3) is 3.63. The highest BCUT2D eigenvalue weighted by Gasteiger charge is 2.58. The molecule has 0 radical (unpaired) electrons. The zero-order valence-electron chi connectivity index (χ0n) is 11.4. The largest absolute Gasteiger partial charge is 0.479 e. The van der Waals surface area contributed by atoms with Gasteiger partial charge in [0, 0.05) is 11.6 Å². The summed E-state index contributed by atoms with van der Waals surface area (Å²) in [4.78, 5) is 26.5. The van der Waals surface area contributed by atoms with Crippen LogP contribution < -0.4 is 10.6 Å². The van der Waals surface area contributed by atoms with Crippen molar-refractivity contribution in [3.8, 4) is 0 Å². The molecule has 0 aliphatic heterocycles. The summed E-state index contributed by atoms with van der Waals surface area (Å²) < 4.78 is 38.4. The van der Waals surface area contributed by atoms with Crippen molar-refractivity contribution >= 4 is 23.3 Å². The van der Waals surface area contributed by atoms with Crippen molar-refractivity contribution in [2.75, 3.05) is 0 Å². The molecule has 6 nitrogen and oxygen atoms in total. The second-order valence-corrected chi connectivity index (χ2v) is 5.86. The average Bonchev–Trinajstić information content (AvgIpc) is 2.79. The minimum Gasteiger partial charge on any atom is -0.479 e. The highest BCUT2D eigenvalue weighted by molar-refractivity contribution is 7.09. The van der Waals surface area contributed by atoms with Crippen LogP contribution in [0.15, 0.2) is 11.6 Å². The number of aromatic nitrogens is 1. The van der Waals surface area contributed by atoms with Crippen molar-refractivity contribution in [3.63, 3.8) is 0 Å². The molecule has 1 heterocycles. The van der Waals surface area contributed by atoms with Crippen LogP contribution in [0.2, 0.25) is 0 Å². The molecule has 2 amide bonds. The predicted octanol–water partition coefficient (Wildman–Crippen LogP) is 2.08. The Kier molecular flexibility index (Phi) is 4.51. The van der Waals surface area contributed by atoms with Crippen LogP contribution in [0.25, 0.3) is 0 Å². The maximum atomic E-state index is 12.8. The van der Waals surface area contributed by atoms with Crippen LogP contribution in [-0.4, -0.2) is 33.8 Å². The van der Waals surface area contributed by atoms with E-state index in [2.05, 4.69) is 10.3 Å². The first-order valence-electron chi connectivity index (χ1n) is 5.70. The van der Waals surface area contributed by atoms with Crippen molar-refractivity contribution in [1.29, 1.82) is 0 Å². The van der Waals surface area contributed by atoms with Crippen LogP contribution in [0, 0.1) is 0 Å². The lowest BCUT2D eigenvalue weighted by Crippen LogP contribution is -2.64. The summed E-state index contributed by atoms with van der Waals surface area (Å²) in [7, 11) is 0. The molecule has 0 bridgehead atoms. The summed E-state index contributed by atoms with van der Waals surface area (Å²) >= 11 is 1.21. The van der Waals surface area contributed by atoms with Gasteiger partial charge in [-0.3, -0.25) is 0 Å². The second-order valence-electron chi connectivity index (χ2n) is 4.97. The van der Waals surface area contributed by atoms with E-state index in [1.165, 1.54) is 36.7 Å². The van der Waals surface area contributed by atoms with Crippen LogP contribution in [0.1, 0.15) is 25.8 Å². The number of thiazole rings is 1. The van der Waals surface area contributed by atoms with Gasteiger partial charge in [0.2, 0.25) is 5.54 Å². The topological polar surface area (TPSA) is 91.3 Å². The Hall–Kier alpha value is -1.84. The summed E-state index contributed by atoms with van der Waals surface area (Å²) in [6.45, 7) is 3.46. The summed E-state index contributed by atoms with van der Waals surface area (Å²) in [5.74, 6) is -2.20. The highest BCUT2D eigenvalue weighted by atomic mass is 32.1. The van der Waals surface area contributed by atoms with Gasteiger partial charge in [0.25, 0.3) is 0 Å². The highest BCUT2D eigenvalue weighted by Crippen LogP contribution is 2.30. The molecule has 3 N–H and O–H groups in total. The number of carbonyl (C=O) groups excluding carboxylic acids is 1. The van der Waals surface area contributed by atoms with Gasteiger partial charge < -0.3 is 15.7 Å². The first-order chi connectivity index (χ1) is 9.40. The van der Waals surface area contributed by atoms with E-state index in [0.717, 1.165) is 0 Å². The van der Waals surface area contributed by atoms with Crippen molar-refractivity contribution in [2.45, 2.75) is 38.0 Å². The first-order valence-corrected chi connectivity index (χ1v) is 6.58. The normalized spacial score (nSPS) is 15.1. The van der Waals surface area contributed by atoms with Gasteiger partial charge in [0.05, 0.1) is 5.54 Å². The number of amides is 2. The maximum absolute atomic E-state index is 12.8. The lowest BCUT2D eigenvalue weighted by Gasteiger charge is -2.31. The molecule has 10 heteroatoms. The Morgan fingerprint density at radius 3 is 2.19 bits per heavy atom. The molecule has 0 fully saturated rings. The molecule has 1 aromatic heterocycles. The van der Waals surface area contributed by atoms with Gasteiger partial charge in [0.1, 0.15) is 5.01 Å². The Bertz CT molecular complexity index is 531. The number of carbonyl (C=O) groups is 2. The number of rotatable bonds is 4. The second kappa shape index (κ2) is 5.51. The number of nitrogens with zero attached hydrogens (tertiary/aromatic N) is 1. The van der Waals surface area contributed by atoms with Crippen LogP contribution in [0.3, 0.4) is 0 Å². The van der Waals surface area contributed by atoms with Gasteiger partial charge >= 0.3 is 18.2 Å². The molecular weight excluding hydrogens is 311 g/mol. The summed E-state index contributed by atoms with van der Waals surface area (Å²) in [6.07, 6.45) is -3.65. The third-order valence-electron chi connectivity index (χ3n) is 2.75. The summed E-state index contributed by atoms with van der Waals surface area (Å²) in [5, 5.41) is 14.6. The standard InChI is InChI=1S/C11H14F3N3O3S/c1-9(2,6-15-4-5-21-6)16-8(20)17-10(3,7(18)19)11(12,13)14/h4-5H,1-3H3,(H,18,19)(H2,16,17,20). The fourth-order valence-electron chi connectivity index (χ4n) is 1.37. The van der Waals surface area contributed by atoms with Crippen LogP contribution in [0.4, 0.5) is 18.0 Å². The number of aliphatic carboxylic acids is 1. The van der Waals surface area contributed by atoms with Gasteiger partial charge in [-0.25, -0.2) is 14.6 Å². The fraction of sp³-hybridized carbons (Fsp3) is 0.545. The van der Waals surface area contributed by atoms with Crippen LogP contribution in [-0.2, 0) is 10.3 Å². The minimum absolute atomic E-state index is 0.380. The number of hydrogen-bond acceptors (Lipinski definition) is 4. The van der Waals surface area contributed by atoms with E-state index in [1.807, 2.05) is 0 Å². The fourth-order valence-corrected chi connectivity index (χ4v) is 2.09. The lowest BCUT2D eigenvalue weighted by molar-refractivity contribution is -0.203. The molecule has 21 heavy (non-hydrogen) atoms. The number of carboxylic acids is 1. The SMILES string of the molecule is CC(C)(NC(=O)NC(C)(C(=O)O)C(F)(F)F)c1nccs1. The molecule has 0 aromatic carbocycles. The van der Waals surface area contributed by atoms with Gasteiger partial charge in [-0.1, -0.05) is 0 Å². The third-order valence-corrected chi connectivity index (χ3v) is 3.85. The van der Waals surface area contributed by atoms with Gasteiger partial charge in [-0.05, 0) is 20.8 Å². The lowest BCUT2D eigenvalue weighted by atomic mass is 10.0. The molecule has 1 unspecified atom stereocenters. The molecule has 1 rings (SSSR count). The van der Waals surface area contributed by atoms with E-state index in [1.54, 1.807) is 5.38 Å². The monoisotopic (exact) mass is 325 g/mol. The number of nitrogens with one attached hydrogen (secondary N) is 2. The first kappa shape index (κ1) is 17.2. The molecule has 1 aromatic rings. The molecule has 0 aliphatic carbocycles. The van der Waals surface area contributed by atoms with Gasteiger partial charge in [-0.15, -0.1) is 11.3 Å². The summed E-state index contributed by atoms with van der Waals surface area (Å²) in [6, 6.07) is -1.25. The maximum Gasteiger partial charge on any atom is 0.422 e. The molecule has 0 saturated heterocycles.